The van der Waals surface area contributed by atoms with E-state index in [0.29, 0.717) is 0 Å². The summed E-state index contributed by atoms with van der Waals surface area (Å²) >= 11 is 6.54. The minimum Gasteiger partial charge on any atom is -0.829 e. The Labute approximate surface area is 87.7 Å². The third-order valence-corrected chi connectivity index (χ3v) is 0. The zero-order valence-electron chi connectivity index (χ0n) is 4.57. The van der Waals surface area contributed by atoms with Crippen molar-refractivity contribution in [3.05, 3.63) is 0 Å². The van der Waals surface area contributed by atoms with Gasteiger partial charge in [-0.3, -0.25) is 0 Å². The Morgan fingerprint density at radius 3 is 0.818 bits per heavy atom. The second-order valence-corrected chi connectivity index (χ2v) is 5.37. The van der Waals surface area contributed by atoms with E-state index in [1.54, 1.807) is 0 Å². The van der Waals surface area contributed by atoms with Gasteiger partial charge in [0.15, 0.2) is 0 Å². The Hall–Kier alpha value is 1.69. The standard InChI is InChI=1S/2H3O3PS.W/c2*1-4(2,3)5;/h2*(H3,1,2,3,5);/q;;+6/p-6. The largest absolute Gasteiger partial charge is 6.00 e. The molecule has 0 saturated carbocycles. The van der Waals surface area contributed by atoms with E-state index < -0.39 is 13.6 Å². The Kier molecular flexibility index (Phi) is 12.0. The summed E-state index contributed by atoms with van der Waals surface area (Å²) in [5.74, 6) is 0. The molecule has 0 aliphatic heterocycles. The van der Waals surface area contributed by atoms with Gasteiger partial charge in [-0.1, -0.05) is 0 Å². The van der Waals surface area contributed by atoms with Crippen molar-refractivity contribution in [2.75, 3.05) is 0 Å². The normalized spacial score (nSPS) is 10.7. The van der Waals surface area contributed by atoms with Gasteiger partial charge in [0.05, 0.1) is 0 Å². The quantitative estimate of drug-likeness (QED) is 0.303. The maximum atomic E-state index is 8.92. The Balaban J connectivity index is -0.000000107. The molecule has 11 heteroatoms. The van der Waals surface area contributed by atoms with Crippen LogP contribution in [0.3, 0.4) is 0 Å². The molecule has 0 radical (unpaired) electrons. The van der Waals surface area contributed by atoms with E-state index in [1.807, 2.05) is 0 Å². The average Bonchev–Trinajstić information content (AvgIpc) is 1.12. The first kappa shape index (κ1) is 18.5. The monoisotopic (exact) mass is 406 g/mol. The first-order chi connectivity index (χ1) is 4.00. The first-order valence-corrected chi connectivity index (χ1v) is 6.57. The Morgan fingerprint density at radius 2 is 0.818 bits per heavy atom. The van der Waals surface area contributed by atoms with Crippen LogP contribution in [-0.2, 0) is 54.7 Å². The molecular formula is O6P2S2W. The molecule has 0 unspecified atom stereocenters. The minimum atomic E-state index is -4.56. The topological polar surface area (TPSA) is 126 Å². The molecule has 0 N–H and O–H groups in total. The third kappa shape index (κ3) is 385. The van der Waals surface area contributed by atoms with Crippen molar-refractivity contribution in [3.8, 4) is 0 Å². The van der Waals surface area contributed by atoms with Crippen molar-refractivity contribution in [3.63, 3.8) is 0 Å². The summed E-state index contributed by atoms with van der Waals surface area (Å²) in [6.45, 7) is -9.11. The predicted molar refractivity (Wildman–Crippen MR) is 29.9 cm³/mol. The van der Waals surface area contributed by atoms with Crippen LogP contribution in [0.15, 0.2) is 0 Å². The molecule has 0 rings (SSSR count). The van der Waals surface area contributed by atoms with Gasteiger partial charge >= 0.3 is 21.1 Å². The van der Waals surface area contributed by atoms with Gasteiger partial charge < -0.3 is 53.2 Å². The van der Waals surface area contributed by atoms with Crippen LogP contribution in [0.4, 0.5) is 0 Å². The Morgan fingerprint density at radius 1 is 0.818 bits per heavy atom. The molecule has 0 saturated heterocycles. The van der Waals surface area contributed by atoms with Crippen LogP contribution >= 0.6 is 13.6 Å². The molecule has 0 aromatic rings. The molecule has 0 spiro atoms. The molecule has 64 valence electrons. The van der Waals surface area contributed by atoms with Gasteiger partial charge in [-0.25, -0.2) is 13.6 Å². The van der Waals surface area contributed by atoms with Gasteiger partial charge in [-0.2, -0.15) is 0 Å². The average molecular weight is 406 g/mol. The van der Waals surface area contributed by atoms with Gasteiger partial charge in [0.1, 0.15) is 0 Å². The zero-order valence-corrected chi connectivity index (χ0v) is 10.9. The molecule has 0 amide bonds. The molecule has 0 bridgehead atoms. The molecule has 0 heterocycles. The van der Waals surface area contributed by atoms with E-state index in [2.05, 4.69) is 24.5 Å². The Bertz CT molecular complexity index is 131. The van der Waals surface area contributed by atoms with E-state index in [-0.39, 0.29) is 21.1 Å². The van der Waals surface area contributed by atoms with Crippen LogP contribution in [0, 0.1) is 0 Å². The van der Waals surface area contributed by atoms with Crippen LogP contribution in [0.1, 0.15) is 0 Å². The van der Waals surface area contributed by atoms with Crippen LogP contribution < -0.4 is 19.6 Å². The second kappa shape index (κ2) is 7.13. The summed E-state index contributed by atoms with van der Waals surface area (Å²) in [5.41, 5.74) is 0. The molecule has 11 heavy (non-hydrogen) atoms. The summed E-state index contributed by atoms with van der Waals surface area (Å²) in [7, 11) is 0. The molecule has 0 aliphatic carbocycles. The van der Waals surface area contributed by atoms with Crippen LogP contribution in [0.25, 0.3) is 0 Å². The molecule has 0 aromatic heterocycles. The van der Waals surface area contributed by atoms with Gasteiger partial charge in [-0.05, 0) is 0 Å². The molecule has 6 nitrogen and oxygen atoms in total. The van der Waals surface area contributed by atoms with Crippen molar-refractivity contribution < 1.29 is 49.8 Å². The fraction of sp³-hybridized carbons (Fsp3) is 0. The second-order valence-electron chi connectivity index (χ2n) is 0.894. The maximum Gasteiger partial charge on any atom is 6.00 e. The van der Waals surface area contributed by atoms with Crippen molar-refractivity contribution in [1.82, 2.24) is 0 Å². The molecule has 0 aliphatic rings. The van der Waals surface area contributed by atoms with Crippen LogP contribution in [-0.4, -0.2) is 0 Å². The van der Waals surface area contributed by atoms with Crippen molar-refractivity contribution in [1.29, 1.82) is 0 Å². The molecule has 0 atom stereocenters. The van der Waals surface area contributed by atoms with Crippen LogP contribution in [0.5, 0.6) is 0 Å². The van der Waals surface area contributed by atoms with Gasteiger partial charge in [0, 0.05) is 0 Å². The number of rotatable bonds is 0. The molecular weight excluding hydrogens is 406 g/mol. The van der Waals surface area contributed by atoms with E-state index in [1.165, 1.54) is 0 Å². The predicted octanol–water partition coefficient (Wildman–Crippen LogP) is -3.28. The SMILES string of the molecule is O=P([O-])([O-])[S-].O=P([O-])([O-])[S-].[W+6]. The van der Waals surface area contributed by atoms with Crippen molar-refractivity contribution in [2.24, 2.45) is 0 Å². The van der Waals surface area contributed by atoms with Gasteiger partial charge in [0.2, 0.25) is 0 Å². The number of hydrogen-bond acceptors (Lipinski definition) is 8. The summed E-state index contributed by atoms with van der Waals surface area (Å²) in [6.07, 6.45) is 0. The molecule has 0 aromatic carbocycles. The fourth-order valence-electron chi connectivity index (χ4n) is 0. The molecule has 0 fully saturated rings. The fourth-order valence-corrected chi connectivity index (χ4v) is 0. The van der Waals surface area contributed by atoms with Crippen molar-refractivity contribution >= 4 is 38.1 Å². The maximum absolute atomic E-state index is 8.92. The summed E-state index contributed by atoms with van der Waals surface area (Å²) < 4.78 is 17.8. The summed E-state index contributed by atoms with van der Waals surface area (Å²) in [4.78, 5) is 35.7. The van der Waals surface area contributed by atoms with E-state index in [9.17, 15) is 0 Å². The smallest absolute Gasteiger partial charge is 0.829 e. The van der Waals surface area contributed by atoms with E-state index in [4.69, 9.17) is 28.7 Å². The summed E-state index contributed by atoms with van der Waals surface area (Å²) in [6, 6.07) is 0. The van der Waals surface area contributed by atoms with Crippen molar-refractivity contribution in [2.45, 2.75) is 0 Å². The third-order valence-electron chi connectivity index (χ3n) is 0. The van der Waals surface area contributed by atoms with Gasteiger partial charge in [0.25, 0.3) is 0 Å². The minimum absolute atomic E-state index is 0. The van der Waals surface area contributed by atoms with Crippen LogP contribution in [0.2, 0.25) is 0 Å². The van der Waals surface area contributed by atoms with E-state index in [0.717, 1.165) is 0 Å². The number of hydrogen-bond donors (Lipinski definition) is 0. The van der Waals surface area contributed by atoms with Gasteiger partial charge in [-0.15, -0.1) is 0 Å². The zero-order chi connectivity index (χ0) is 9.00. The van der Waals surface area contributed by atoms with E-state index >= 15 is 0 Å². The summed E-state index contributed by atoms with van der Waals surface area (Å²) in [5, 5.41) is 0. The first-order valence-electron chi connectivity index (χ1n) is 1.46.